The number of fused-ring (bicyclic) bond motifs is 1. The molecule has 0 bridgehead atoms. The molecule has 2 heterocycles. The number of carbonyl (C=O) groups excluding carboxylic acids is 1. The number of hydrogen-bond acceptors (Lipinski definition) is 3. The third kappa shape index (κ3) is 4.31. The van der Waals surface area contributed by atoms with Crippen molar-refractivity contribution < 1.29 is 4.79 Å². The lowest BCUT2D eigenvalue weighted by Crippen LogP contribution is -2.04. The predicted molar refractivity (Wildman–Crippen MR) is 105 cm³/mol. The highest BCUT2D eigenvalue weighted by Gasteiger charge is 2.16. The Morgan fingerprint density at radius 3 is 2.65 bits per heavy atom. The molecule has 26 heavy (non-hydrogen) atoms. The van der Waals surface area contributed by atoms with Gasteiger partial charge >= 0.3 is 0 Å². The maximum atomic E-state index is 12.1. The summed E-state index contributed by atoms with van der Waals surface area (Å²) in [6, 6.07) is 13.3. The molecule has 1 atom stereocenters. The number of rotatable bonds is 8. The first kappa shape index (κ1) is 18.6. The van der Waals surface area contributed by atoms with Gasteiger partial charge in [-0.3, -0.25) is 4.79 Å². The van der Waals surface area contributed by atoms with Gasteiger partial charge in [0.15, 0.2) is 5.78 Å². The molecule has 0 saturated heterocycles. The molecule has 3 aromatic rings. The van der Waals surface area contributed by atoms with Crippen LogP contribution in [0.4, 0.5) is 0 Å². The largest absolute Gasteiger partial charge is 0.294 e. The Morgan fingerprint density at radius 1 is 1.12 bits per heavy atom. The van der Waals surface area contributed by atoms with E-state index in [9.17, 15) is 4.79 Å². The van der Waals surface area contributed by atoms with Crippen LogP contribution in [0.5, 0.6) is 0 Å². The van der Waals surface area contributed by atoms with Gasteiger partial charge in [0.25, 0.3) is 0 Å². The van der Waals surface area contributed by atoms with Crippen LogP contribution in [-0.2, 0) is 0 Å². The van der Waals surface area contributed by atoms with E-state index < -0.39 is 0 Å². The molecular formula is C21H24ClN3O. The first-order valence-corrected chi connectivity index (χ1v) is 9.54. The molecule has 0 radical (unpaired) electrons. The Morgan fingerprint density at radius 2 is 1.88 bits per heavy atom. The van der Waals surface area contributed by atoms with Gasteiger partial charge in [-0.05, 0) is 31.9 Å². The number of benzene rings is 1. The quantitative estimate of drug-likeness (QED) is 0.382. The molecule has 1 aromatic carbocycles. The van der Waals surface area contributed by atoms with Crippen molar-refractivity contribution in [3.05, 3.63) is 64.7 Å². The predicted octanol–water partition coefficient (Wildman–Crippen LogP) is 5.63. The summed E-state index contributed by atoms with van der Waals surface area (Å²) in [7, 11) is 0. The van der Waals surface area contributed by atoms with Crippen molar-refractivity contribution in [1.29, 1.82) is 0 Å². The Kier molecular flexibility index (Phi) is 6.04. The van der Waals surface area contributed by atoms with Crippen LogP contribution in [0, 0.1) is 6.92 Å². The maximum absolute atomic E-state index is 12.1. The summed E-state index contributed by atoms with van der Waals surface area (Å²) in [5, 5.41) is 4.87. The lowest BCUT2D eigenvalue weighted by atomic mass is 10.00. The Bertz CT molecular complexity index is 889. The van der Waals surface area contributed by atoms with Gasteiger partial charge in [0.1, 0.15) is 11.0 Å². The van der Waals surface area contributed by atoms with Gasteiger partial charge in [-0.1, -0.05) is 61.7 Å². The van der Waals surface area contributed by atoms with Gasteiger partial charge in [-0.15, -0.1) is 0 Å². The zero-order valence-corrected chi connectivity index (χ0v) is 16.0. The minimum Gasteiger partial charge on any atom is -0.294 e. The molecule has 0 saturated carbocycles. The summed E-state index contributed by atoms with van der Waals surface area (Å²) in [6.45, 7) is 4.17. The summed E-state index contributed by atoms with van der Waals surface area (Å²) < 4.78 is 1.86. The molecule has 3 rings (SSSR count). The van der Waals surface area contributed by atoms with E-state index in [2.05, 4.69) is 17.0 Å². The average Bonchev–Trinajstić information content (AvgIpc) is 2.98. The van der Waals surface area contributed by atoms with Crippen molar-refractivity contribution in [2.75, 3.05) is 0 Å². The molecule has 0 N–H and O–H groups in total. The highest BCUT2D eigenvalue weighted by Crippen LogP contribution is 2.24. The molecule has 4 nitrogen and oxygen atoms in total. The van der Waals surface area contributed by atoms with E-state index >= 15 is 0 Å². The van der Waals surface area contributed by atoms with E-state index in [0.29, 0.717) is 17.5 Å². The molecule has 136 valence electrons. The Hall–Kier alpha value is -2.20. The van der Waals surface area contributed by atoms with Gasteiger partial charge in [0, 0.05) is 17.9 Å². The fourth-order valence-corrected chi connectivity index (χ4v) is 3.39. The molecule has 0 fully saturated rings. The minimum absolute atomic E-state index is 0.229. The van der Waals surface area contributed by atoms with Crippen LogP contribution in [0.25, 0.3) is 5.52 Å². The molecular weight excluding hydrogens is 346 g/mol. The van der Waals surface area contributed by atoms with E-state index in [1.165, 1.54) is 0 Å². The van der Waals surface area contributed by atoms with E-state index in [4.69, 9.17) is 11.6 Å². The molecule has 0 amide bonds. The topological polar surface area (TPSA) is 47.3 Å². The first-order chi connectivity index (χ1) is 12.6. The molecule has 1 unspecified atom stereocenters. The number of aromatic nitrogens is 3. The van der Waals surface area contributed by atoms with Crippen molar-refractivity contribution in [3.63, 3.8) is 0 Å². The molecule has 2 aromatic heterocycles. The summed E-state index contributed by atoms with van der Waals surface area (Å²) in [5.41, 5.74) is 2.79. The van der Waals surface area contributed by atoms with Crippen LogP contribution in [0.15, 0.2) is 42.5 Å². The molecule has 0 spiro atoms. The summed E-state index contributed by atoms with van der Waals surface area (Å²) >= 11 is 6.04. The molecule has 0 aliphatic carbocycles. The van der Waals surface area contributed by atoms with Crippen LogP contribution in [-0.4, -0.2) is 20.4 Å². The lowest BCUT2D eigenvalue weighted by molar-refractivity contribution is 0.0979. The van der Waals surface area contributed by atoms with Crippen molar-refractivity contribution in [2.45, 2.75) is 51.9 Å². The standard InChI is InChI=1S/C21H24ClN3O/c1-15(21-23-16(2)18-13-14-20(22)24-25(18)21)9-5-3-8-12-19(26)17-10-6-4-7-11-17/h4,6-7,10-11,13-15H,3,5,8-9,12H2,1-2H3. The number of carbonyl (C=O) groups is 1. The average molecular weight is 370 g/mol. The van der Waals surface area contributed by atoms with E-state index in [1.54, 1.807) is 6.07 Å². The van der Waals surface area contributed by atoms with E-state index in [0.717, 1.165) is 48.3 Å². The second kappa shape index (κ2) is 8.45. The van der Waals surface area contributed by atoms with E-state index in [-0.39, 0.29) is 5.78 Å². The summed E-state index contributed by atoms with van der Waals surface area (Å²) in [6.07, 6.45) is 4.66. The third-order valence-corrected chi connectivity index (χ3v) is 4.95. The van der Waals surface area contributed by atoms with Crippen LogP contribution in [0.1, 0.15) is 66.8 Å². The smallest absolute Gasteiger partial charge is 0.162 e. The normalized spacial score (nSPS) is 12.4. The summed E-state index contributed by atoms with van der Waals surface area (Å²) in [4.78, 5) is 16.8. The highest BCUT2D eigenvalue weighted by molar-refractivity contribution is 6.29. The van der Waals surface area contributed by atoms with E-state index in [1.807, 2.05) is 47.8 Å². The second-order valence-electron chi connectivity index (χ2n) is 6.80. The van der Waals surface area contributed by atoms with Crippen LogP contribution < -0.4 is 0 Å². The van der Waals surface area contributed by atoms with Crippen LogP contribution in [0.2, 0.25) is 5.15 Å². The number of hydrogen-bond donors (Lipinski definition) is 0. The lowest BCUT2D eigenvalue weighted by Gasteiger charge is -2.10. The number of halogens is 1. The van der Waals surface area contributed by atoms with Crippen molar-refractivity contribution >= 4 is 22.9 Å². The van der Waals surface area contributed by atoms with Gasteiger partial charge in [-0.25, -0.2) is 9.50 Å². The Balaban J connectivity index is 1.50. The molecule has 5 heteroatoms. The van der Waals surface area contributed by atoms with Gasteiger partial charge < -0.3 is 0 Å². The SMILES string of the molecule is Cc1nc(C(C)CCCCCC(=O)c2ccccc2)n2nc(Cl)ccc12. The van der Waals surface area contributed by atoms with Crippen LogP contribution in [0.3, 0.4) is 0 Å². The zero-order valence-electron chi connectivity index (χ0n) is 15.3. The van der Waals surface area contributed by atoms with Gasteiger partial charge in [0.05, 0.1) is 11.2 Å². The zero-order chi connectivity index (χ0) is 18.5. The third-order valence-electron chi connectivity index (χ3n) is 4.75. The number of imidazole rings is 1. The van der Waals surface area contributed by atoms with Crippen molar-refractivity contribution in [2.24, 2.45) is 0 Å². The van der Waals surface area contributed by atoms with Gasteiger partial charge in [0.2, 0.25) is 0 Å². The van der Waals surface area contributed by atoms with Crippen LogP contribution >= 0.6 is 11.6 Å². The van der Waals surface area contributed by atoms with Crippen molar-refractivity contribution in [3.8, 4) is 0 Å². The minimum atomic E-state index is 0.229. The fraction of sp³-hybridized carbons (Fsp3) is 0.381. The number of unbranched alkanes of at least 4 members (excludes halogenated alkanes) is 2. The fourth-order valence-electron chi connectivity index (χ4n) is 3.26. The number of nitrogens with zero attached hydrogens (tertiary/aromatic N) is 3. The number of Topliss-reactive ketones (excluding diaryl/α,β-unsaturated/α-hetero) is 1. The first-order valence-electron chi connectivity index (χ1n) is 9.16. The molecule has 0 aliphatic rings. The van der Waals surface area contributed by atoms with Gasteiger partial charge in [-0.2, -0.15) is 5.10 Å². The highest BCUT2D eigenvalue weighted by atomic mass is 35.5. The second-order valence-corrected chi connectivity index (χ2v) is 7.19. The summed E-state index contributed by atoms with van der Waals surface area (Å²) in [5.74, 6) is 1.49. The number of aryl methyl sites for hydroxylation is 1. The number of ketones is 1. The Labute approximate surface area is 159 Å². The van der Waals surface area contributed by atoms with Crippen molar-refractivity contribution in [1.82, 2.24) is 14.6 Å². The maximum Gasteiger partial charge on any atom is 0.162 e. The monoisotopic (exact) mass is 369 g/mol. The molecule has 0 aliphatic heterocycles.